The molecule has 0 spiro atoms. The van der Waals surface area contributed by atoms with Crippen molar-refractivity contribution in [2.45, 2.75) is 25.4 Å². The molecule has 2 rings (SSSR count). The SMILES string of the molecule is COC1CCN(C(=O)C2=NNC(=O)CC2)C1. The van der Waals surface area contributed by atoms with Crippen molar-refractivity contribution >= 4 is 17.5 Å². The lowest BCUT2D eigenvalue weighted by Crippen LogP contribution is -2.39. The van der Waals surface area contributed by atoms with Crippen molar-refractivity contribution in [2.75, 3.05) is 20.2 Å². The molecule has 0 aromatic carbocycles. The number of hydrogen-bond acceptors (Lipinski definition) is 4. The molecule has 1 N–H and O–H groups in total. The molecular formula is C10H15N3O3. The summed E-state index contributed by atoms with van der Waals surface area (Å²) in [4.78, 5) is 24.6. The first-order valence-electron chi connectivity index (χ1n) is 5.38. The summed E-state index contributed by atoms with van der Waals surface area (Å²) in [5, 5.41) is 3.79. The van der Waals surface area contributed by atoms with E-state index in [1.807, 2.05) is 0 Å². The van der Waals surface area contributed by atoms with Gasteiger partial charge in [-0.25, -0.2) is 5.43 Å². The summed E-state index contributed by atoms with van der Waals surface area (Å²) >= 11 is 0. The van der Waals surface area contributed by atoms with Crippen LogP contribution in [0.5, 0.6) is 0 Å². The predicted octanol–water partition coefficient (Wildman–Crippen LogP) is -0.500. The van der Waals surface area contributed by atoms with E-state index in [1.54, 1.807) is 12.0 Å². The molecule has 1 unspecified atom stereocenters. The van der Waals surface area contributed by atoms with Gasteiger partial charge < -0.3 is 9.64 Å². The van der Waals surface area contributed by atoms with Crippen LogP contribution in [0.3, 0.4) is 0 Å². The maximum absolute atomic E-state index is 12.0. The van der Waals surface area contributed by atoms with E-state index < -0.39 is 0 Å². The first-order valence-corrected chi connectivity index (χ1v) is 5.38. The third kappa shape index (κ3) is 2.21. The average molecular weight is 225 g/mol. The van der Waals surface area contributed by atoms with Crippen LogP contribution in [0.1, 0.15) is 19.3 Å². The molecule has 6 heteroatoms. The second-order valence-corrected chi connectivity index (χ2v) is 3.99. The largest absolute Gasteiger partial charge is 0.380 e. The van der Waals surface area contributed by atoms with Crippen molar-refractivity contribution in [3.05, 3.63) is 0 Å². The van der Waals surface area contributed by atoms with Crippen molar-refractivity contribution in [3.63, 3.8) is 0 Å². The second kappa shape index (κ2) is 4.61. The van der Waals surface area contributed by atoms with Crippen LogP contribution in [0, 0.1) is 0 Å². The Kier molecular flexibility index (Phi) is 3.19. The van der Waals surface area contributed by atoms with E-state index in [2.05, 4.69) is 10.5 Å². The average Bonchev–Trinajstić information content (AvgIpc) is 2.77. The van der Waals surface area contributed by atoms with E-state index in [-0.39, 0.29) is 17.9 Å². The van der Waals surface area contributed by atoms with Crippen LogP contribution < -0.4 is 5.43 Å². The molecule has 1 atom stereocenters. The minimum absolute atomic E-state index is 0.0837. The number of ether oxygens (including phenoxy) is 1. The lowest BCUT2D eigenvalue weighted by Gasteiger charge is -2.19. The van der Waals surface area contributed by atoms with Crippen LogP contribution in [-0.4, -0.2) is 48.7 Å². The third-order valence-corrected chi connectivity index (χ3v) is 2.92. The van der Waals surface area contributed by atoms with Crippen LogP contribution >= 0.6 is 0 Å². The Balaban J connectivity index is 1.95. The predicted molar refractivity (Wildman–Crippen MR) is 56.8 cm³/mol. The molecule has 88 valence electrons. The van der Waals surface area contributed by atoms with Gasteiger partial charge in [-0.15, -0.1) is 0 Å². The zero-order valence-electron chi connectivity index (χ0n) is 9.23. The summed E-state index contributed by atoms with van der Waals surface area (Å²) in [6.45, 7) is 1.31. The molecule has 6 nitrogen and oxygen atoms in total. The molecule has 1 saturated heterocycles. The number of nitrogens with one attached hydrogen (secondary N) is 1. The van der Waals surface area contributed by atoms with Gasteiger partial charge in [0.15, 0.2) is 0 Å². The minimum atomic E-state index is -0.132. The monoisotopic (exact) mass is 225 g/mol. The van der Waals surface area contributed by atoms with Gasteiger partial charge in [0.1, 0.15) is 5.71 Å². The zero-order chi connectivity index (χ0) is 11.5. The Morgan fingerprint density at radius 2 is 2.38 bits per heavy atom. The van der Waals surface area contributed by atoms with Gasteiger partial charge in [-0.3, -0.25) is 9.59 Å². The summed E-state index contributed by atoms with van der Waals surface area (Å²) in [5.74, 6) is -0.215. The highest BCUT2D eigenvalue weighted by molar-refractivity contribution is 6.39. The summed E-state index contributed by atoms with van der Waals surface area (Å²) in [7, 11) is 1.65. The van der Waals surface area contributed by atoms with Gasteiger partial charge in [0.05, 0.1) is 6.10 Å². The molecule has 0 aliphatic carbocycles. The lowest BCUT2D eigenvalue weighted by molar-refractivity contribution is -0.124. The molecule has 0 radical (unpaired) electrons. The molecule has 2 aliphatic rings. The highest BCUT2D eigenvalue weighted by atomic mass is 16.5. The second-order valence-electron chi connectivity index (χ2n) is 3.99. The van der Waals surface area contributed by atoms with Crippen molar-refractivity contribution in [3.8, 4) is 0 Å². The molecule has 2 aliphatic heterocycles. The van der Waals surface area contributed by atoms with Gasteiger partial charge in [0.25, 0.3) is 5.91 Å². The molecule has 0 aromatic heterocycles. The van der Waals surface area contributed by atoms with Gasteiger partial charge in [-0.1, -0.05) is 0 Å². The quantitative estimate of drug-likeness (QED) is 0.688. The summed E-state index contributed by atoms with van der Waals surface area (Å²) in [6.07, 6.45) is 1.76. The highest BCUT2D eigenvalue weighted by Gasteiger charge is 2.29. The Labute approximate surface area is 93.6 Å². The fourth-order valence-electron chi connectivity index (χ4n) is 1.92. The number of rotatable bonds is 2. The van der Waals surface area contributed by atoms with Gasteiger partial charge in [-0.05, 0) is 6.42 Å². The number of likely N-dealkylation sites (tertiary alicyclic amines) is 1. The standard InChI is InChI=1S/C10H15N3O3/c1-16-7-4-5-13(6-7)10(15)8-2-3-9(14)12-11-8/h7H,2-6H2,1H3,(H,12,14). The smallest absolute Gasteiger partial charge is 0.270 e. The first kappa shape index (κ1) is 11.1. The molecule has 0 saturated carbocycles. The molecule has 0 aromatic rings. The maximum atomic E-state index is 12.0. The Morgan fingerprint density at radius 1 is 1.56 bits per heavy atom. The fourth-order valence-corrected chi connectivity index (χ4v) is 1.92. The Bertz CT molecular complexity index is 340. The van der Waals surface area contributed by atoms with Crippen molar-refractivity contribution in [2.24, 2.45) is 5.10 Å². The Morgan fingerprint density at radius 3 is 2.94 bits per heavy atom. The van der Waals surface area contributed by atoms with Crippen molar-refractivity contribution in [1.29, 1.82) is 0 Å². The zero-order valence-corrected chi connectivity index (χ0v) is 9.23. The van der Waals surface area contributed by atoms with E-state index in [0.29, 0.717) is 31.6 Å². The molecule has 0 bridgehead atoms. The van der Waals surface area contributed by atoms with E-state index in [1.165, 1.54) is 0 Å². The van der Waals surface area contributed by atoms with Crippen LogP contribution in [-0.2, 0) is 14.3 Å². The summed E-state index contributed by atoms with van der Waals surface area (Å²) in [5.41, 5.74) is 2.77. The van der Waals surface area contributed by atoms with Gasteiger partial charge in [0, 0.05) is 33.0 Å². The number of carbonyl (C=O) groups excluding carboxylic acids is 2. The topological polar surface area (TPSA) is 71.0 Å². The van der Waals surface area contributed by atoms with E-state index in [4.69, 9.17) is 4.74 Å². The van der Waals surface area contributed by atoms with E-state index in [0.717, 1.165) is 6.42 Å². The maximum Gasteiger partial charge on any atom is 0.270 e. The number of amides is 2. The van der Waals surface area contributed by atoms with Gasteiger partial charge >= 0.3 is 0 Å². The van der Waals surface area contributed by atoms with E-state index in [9.17, 15) is 9.59 Å². The first-order chi connectivity index (χ1) is 7.70. The number of hydrazone groups is 1. The van der Waals surface area contributed by atoms with Crippen LogP contribution in [0.25, 0.3) is 0 Å². The highest BCUT2D eigenvalue weighted by Crippen LogP contribution is 2.14. The molecular weight excluding hydrogens is 210 g/mol. The van der Waals surface area contributed by atoms with Crippen molar-refractivity contribution < 1.29 is 14.3 Å². The van der Waals surface area contributed by atoms with Crippen LogP contribution in [0.2, 0.25) is 0 Å². The molecule has 1 fully saturated rings. The third-order valence-electron chi connectivity index (χ3n) is 2.92. The van der Waals surface area contributed by atoms with Gasteiger partial charge in [0.2, 0.25) is 5.91 Å². The summed E-state index contributed by atoms with van der Waals surface area (Å²) < 4.78 is 5.19. The number of nitrogens with zero attached hydrogens (tertiary/aromatic N) is 2. The minimum Gasteiger partial charge on any atom is -0.380 e. The van der Waals surface area contributed by atoms with Crippen LogP contribution in [0.15, 0.2) is 5.10 Å². The lowest BCUT2D eigenvalue weighted by atomic mass is 10.1. The van der Waals surface area contributed by atoms with Crippen molar-refractivity contribution in [1.82, 2.24) is 10.3 Å². The Hall–Kier alpha value is -1.43. The van der Waals surface area contributed by atoms with E-state index >= 15 is 0 Å². The number of hydrogen-bond donors (Lipinski definition) is 1. The van der Waals surface area contributed by atoms with Crippen LogP contribution in [0.4, 0.5) is 0 Å². The van der Waals surface area contributed by atoms with Gasteiger partial charge in [-0.2, -0.15) is 5.10 Å². The molecule has 16 heavy (non-hydrogen) atoms. The number of methoxy groups -OCH3 is 1. The molecule has 2 heterocycles. The number of carbonyl (C=O) groups is 2. The summed E-state index contributed by atoms with van der Waals surface area (Å²) in [6, 6.07) is 0. The fraction of sp³-hybridized carbons (Fsp3) is 0.700. The molecule has 2 amide bonds. The normalized spacial score (nSPS) is 25.3.